The van der Waals surface area contributed by atoms with Crippen molar-refractivity contribution < 1.29 is 19.4 Å². The lowest BCUT2D eigenvalue weighted by Gasteiger charge is -2.25. The van der Waals surface area contributed by atoms with E-state index in [2.05, 4.69) is 0 Å². The average Bonchev–Trinajstić information content (AvgIpc) is 2.43. The third-order valence-electron chi connectivity index (χ3n) is 2.54. The fourth-order valence-corrected chi connectivity index (χ4v) is 1.84. The first-order valence-electron chi connectivity index (χ1n) is 5.86. The van der Waals surface area contributed by atoms with Crippen LogP contribution in [0, 0.1) is 0 Å². The van der Waals surface area contributed by atoms with Gasteiger partial charge in [-0.2, -0.15) is 0 Å². The summed E-state index contributed by atoms with van der Waals surface area (Å²) in [4.78, 5) is 11.6. The molecular formula is C12H22O4. The molecular weight excluding hydrogens is 208 g/mol. The number of esters is 1. The van der Waals surface area contributed by atoms with Gasteiger partial charge in [0, 0.05) is 6.42 Å². The molecule has 2 unspecified atom stereocenters. The molecule has 4 nitrogen and oxygen atoms in total. The molecule has 94 valence electrons. The predicted molar refractivity (Wildman–Crippen MR) is 59.8 cm³/mol. The first-order valence-corrected chi connectivity index (χ1v) is 5.86. The van der Waals surface area contributed by atoms with Gasteiger partial charge in [0.05, 0.1) is 12.5 Å². The molecule has 0 aromatic rings. The van der Waals surface area contributed by atoms with Gasteiger partial charge in [0.25, 0.3) is 0 Å². The van der Waals surface area contributed by atoms with Gasteiger partial charge < -0.3 is 14.6 Å². The maximum absolute atomic E-state index is 11.6. The molecule has 0 amide bonds. The van der Waals surface area contributed by atoms with Crippen molar-refractivity contribution in [3.05, 3.63) is 0 Å². The van der Waals surface area contributed by atoms with Crippen molar-refractivity contribution in [1.82, 2.24) is 0 Å². The predicted octanol–water partition coefficient (Wildman–Crippen LogP) is 2.00. The van der Waals surface area contributed by atoms with Gasteiger partial charge in [-0.25, -0.2) is 0 Å². The molecule has 0 spiro atoms. The molecule has 0 aliphatic carbocycles. The lowest BCUT2D eigenvalue weighted by Crippen LogP contribution is -2.35. The largest absolute Gasteiger partial charge is 0.460 e. The van der Waals surface area contributed by atoms with Crippen molar-refractivity contribution in [3.63, 3.8) is 0 Å². The SMILES string of the molecule is CCC1CCC(O)(CC(=O)OC(C)(C)C)O1. The highest BCUT2D eigenvalue weighted by Crippen LogP contribution is 2.32. The summed E-state index contributed by atoms with van der Waals surface area (Å²) in [7, 11) is 0. The minimum absolute atomic E-state index is 0.0624. The van der Waals surface area contributed by atoms with Crippen molar-refractivity contribution in [2.45, 2.75) is 70.9 Å². The van der Waals surface area contributed by atoms with Crippen LogP contribution in [0.4, 0.5) is 0 Å². The second-order valence-electron chi connectivity index (χ2n) is 5.40. The maximum Gasteiger partial charge on any atom is 0.311 e. The van der Waals surface area contributed by atoms with Crippen LogP contribution in [-0.4, -0.2) is 28.6 Å². The molecule has 0 aromatic carbocycles. The smallest absolute Gasteiger partial charge is 0.311 e. The van der Waals surface area contributed by atoms with E-state index in [1.165, 1.54) is 0 Å². The molecule has 0 radical (unpaired) electrons. The first kappa shape index (κ1) is 13.5. The zero-order valence-electron chi connectivity index (χ0n) is 10.6. The zero-order chi connectivity index (χ0) is 12.4. The Balaban J connectivity index is 2.45. The summed E-state index contributed by atoms with van der Waals surface area (Å²) in [5.41, 5.74) is -0.518. The van der Waals surface area contributed by atoms with E-state index in [1.54, 1.807) is 20.8 Å². The van der Waals surface area contributed by atoms with Gasteiger partial charge in [0.15, 0.2) is 5.79 Å². The van der Waals surface area contributed by atoms with Gasteiger partial charge >= 0.3 is 5.97 Å². The quantitative estimate of drug-likeness (QED) is 0.753. The minimum Gasteiger partial charge on any atom is -0.460 e. The van der Waals surface area contributed by atoms with Crippen molar-refractivity contribution in [2.24, 2.45) is 0 Å². The molecule has 1 aliphatic heterocycles. The monoisotopic (exact) mass is 230 g/mol. The van der Waals surface area contributed by atoms with Crippen LogP contribution in [0.25, 0.3) is 0 Å². The van der Waals surface area contributed by atoms with Crippen molar-refractivity contribution in [1.29, 1.82) is 0 Å². The molecule has 2 atom stereocenters. The summed E-state index contributed by atoms with van der Waals surface area (Å²) in [5, 5.41) is 10.0. The van der Waals surface area contributed by atoms with E-state index in [0.717, 1.165) is 12.8 Å². The van der Waals surface area contributed by atoms with Gasteiger partial charge in [-0.15, -0.1) is 0 Å². The fourth-order valence-electron chi connectivity index (χ4n) is 1.84. The Kier molecular flexibility index (Phi) is 3.97. The van der Waals surface area contributed by atoms with Crippen LogP contribution in [0.3, 0.4) is 0 Å². The highest BCUT2D eigenvalue weighted by Gasteiger charge is 2.40. The van der Waals surface area contributed by atoms with E-state index in [4.69, 9.17) is 9.47 Å². The number of hydrogen-bond donors (Lipinski definition) is 1. The standard InChI is InChI=1S/C12H22O4/c1-5-9-6-7-12(14,15-9)8-10(13)16-11(2,3)4/h9,14H,5-8H2,1-4H3. The lowest BCUT2D eigenvalue weighted by molar-refractivity contribution is -0.208. The van der Waals surface area contributed by atoms with E-state index >= 15 is 0 Å². The van der Waals surface area contributed by atoms with Gasteiger partial charge in [-0.05, 0) is 33.6 Å². The van der Waals surface area contributed by atoms with Gasteiger partial charge in [0.1, 0.15) is 5.60 Å². The Hall–Kier alpha value is -0.610. The van der Waals surface area contributed by atoms with Crippen LogP contribution in [0.2, 0.25) is 0 Å². The average molecular weight is 230 g/mol. The van der Waals surface area contributed by atoms with Crippen LogP contribution < -0.4 is 0 Å². The van der Waals surface area contributed by atoms with Crippen LogP contribution in [0.15, 0.2) is 0 Å². The van der Waals surface area contributed by atoms with Crippen molar-refractivity contribution >= 4 is 5.97 Å². The van der Waals surface area contributed by atoms with Crippen LogP contribution in [-0.2, 0) is 14.3 Å². The Bertz CT molecular complexity index is 256. The molecule has 1 N–H and O–H groups in total. The van der Waals surface area contributed by atoms with Crippen LogP contribution in [0.1, 0.15) is 53.4 Å². The third-order valence-corrected chi connectivity index (χ3v) is 2.54. The number of carbonyl (C=O) groups is 1. The second-order valence-corrected chi connectivity index (χ2v) is 5.40. The number of rotatable bonds is 3. The van der Waals surface area contributed by atoms with E-state index in [1.807, 2.05) is 6.92 Å². The van der Waals surface area contributed by atoms with E-state index in [-0.39, 0.29) is 12.5 Å². The highest BCUT2D eigenvalue weighted by atomic mass is 16.6. The topological polar surface area (TPSA) is 55.8 Å². The Morgan fingerprint density at radius 3 is 2.62 bits per heavy atom. The molecule has 0 saturated carbocycles. The molecule has 1 heterocycles. The van der Waals surface area contributed by atoms with Gasteiger partial charge in [-0.1, -0.05) is 6.92 Å². The summed E-state index contributed by atoms with van der Waals surface area (Å²) >= 11 is 0. The fraction of sp³-hybridized carbons (Fsp3) is 0.917. The minimum atomic E-state index is -1.32. The molecule has 0 bridgehead atoms. The molecule has 1 saturated heterocycles. The number of carbonyl (C=O) groups excluding carboxylic acids is 1. The summed E-state index contributed by atoms with van der Waals surface area (Å²) in [6.07, 6.45) is 2.14. The van der Waals surface area contributed by atoms with E-state index in [9.17, 15) is 9.90 Å². The molecule has 1 fully saturated rings. The summed E-state index contributed by atoms with van der Waals surface area (Å²) in [6, 6.07) is 0. The molecule has 1 rings (SSSR count). The number of ether oxygens (including phenoxy) is 2. The molecule has 16 heavy (non-hydrogen) atoms. The Morgan fingerprint density at radius 2 is 2.19 bits per heavy atom. The van der Waals surface area contributed by atoms with E-state index in [0.29, 0.717) is 6.42 Å². The zero-order valence-corrected chi connectivity index (χ0v) is 10.6. The Labute approximate surface area is 96.9 Å². The summed E-state index contributed by atoms with van der Waals surface area (Å²) in [5.74, 6) is -1.73. The van der Waals surface area contributed by atoms with Gasteiger partial charge in [0.2, 0.25) is 0 Å². The second kappa shape index (κ2) is 4.72. The molecule has 0 aromatic heterocycles. The maximum atomic E-state index is 11.6. The first-order chi connectivity index (χ1) is 7.24. The Morgan fingerprint density at radius 1 is 1.56 bits per heavy atom. The number of aliphatic hydroxyl groups is 1. The molecule has 1 aliphatic rings. The van der Waals surface area contributed by atoms with Crippen molar-refractivity contribution in [3.8, 4) is 0 Å². The van der Waals surface area contributed by atoms with Crippen LogP contribution in [0.5, 0.6) is 0 Å². The lowest BCUT2D eigenvalue weighted by atomic mass is 10.1. The van der Waals surface area contributed by atoms with E-state index < -0.39 is 17.4 Å². The third kappa shape index (κ3) is 4.10. The number of hydrogen-bond acceptors (Lipinski definition) is 4. The van der Waals surface area contributed by atoms with Crippen LogP contribution >= 0.6 is 0 Å². The summed E-state index contributed by atoms with van der Waals surface area (Å²) in [6.45, 7) is 7.42. The summed E-state index contributed by atoms with van der Waals surface area (Å²) < 4.78 is 10.6. The van der Waals surface area contributed by atoms with Crippen molar-refractivity contribution in [2.75, 3.05) is 0 Å². The van der Waals surface area contributed by atoms with Gasteiger partial charge in [-0.3, -0.25) is 4.79 Å². The normalized spacial score (nSPS) is 30.4. The highest BCUT2D eigenvalue weighted by molar-refractivity contribution is 5.70. The molecule has 4 heteroatoms.